The zero-order valence-electron chi connectivity index (χ0n) is 13.5. The van der Waals surface area contributed by atoms with Crippen LogP contribution in [0.5, 0.6) is 0 Å². The van der Waals surface area contributed by atoms with Crippen LogP contribution in [0.4, 0.5) is 5.82 Å². The van der Waals surface area contributed by atoms with E-state index in [2.05, 4.69) is 9.88 Å². The highest BCUT2D eigenvalue weighted by Gasteiger charge is 2.34. The van der Waals surface area contributed by atoms with Crippen molar-refractivity contribution in [3.05, 3.63) is 30.0 Å². The highest BCUT2D eigenvalue weighted by Crippen LogP contribution is 2.31. The first kappa shape index (κ1) is 14.4. The molecule has 0 atom stereocenters. The molecule has 0 spiro atoms. The van der Waals surface area contributed by atoms with Gasteiger partial charge in [0.15, 0.2) is 5.82 Å². The minimum atomic E-state index is 0.309. The number of fused-ring (bicyclic) bond motifs is 1. The summed E-state index contributed by atoms with van der Waals surface area (Å²) in [6.07, 6.45) is 3.15. The number of hydrogen-bond donors (Lipinski definition) is 0. The number of aryl methyl sites for hydroxylation is 1. The molecule has 120 valence electrons. The second-order valence-electron chi connectivity index (χ2n) is 6.56. The maximum absolute atomic E-state index is 12.3. The number of rotatable bonds is 2. The van der Waals surface area contributed by atoms with E-state index in [-0.39, 0.29) is 0 Å². The number of para-hydroxylation sites is 2. The Morgan fingerprint density at radius 3 is 2.52 bits per heavy atom. The molecule has 4 rings (SSSR count). The van der Waals surface area contributed by atoms with Crippen molar-refractivity contribution in [1.82, 2.24) is 14.9 Å². The standard InChI is InChI=1S/C18H22N4O/c1-13-17(20-16-6-3-2-5-15(16)19-13)21-9-4-10-22(12-11-21)18(23)14-7-8-14/h2-3,5-6,14H,4,7-12H2,1H3. The Morgan fingerprint density at radius 1 is 1.04 bits per heavy atom. The lowest BCUT2D eigenvalue weighted by molar-refractivity contribution is -0.132. The predicted octanol–water partition coefficient (Wildman–Crippen LogP) is 2.39. The second-order valence-corrected chi connectivity index (χ2v) is 6.56. The SMILES string of the molecule is Cc1nc2ccccc2nc1N1CCCN(C(=O)C2CC2)CC1. The number of anilines is 1. The van der Waals surface area contributed by atoms with Crippen LogP contribution in [0.2, 0.25) is 0 Å². The number of amides is 1. The fourth-order valence-corrected chi connectivity index (χ4v) is 3.32. The van der Waals surface area contributed by atoms with E-state index >= 15 is 0 Å². The van der Waals surface area contributed by atoms with Gasteiger partial charge in [-0.15, -0.1) is 0 Å². The molecule has 1 aromatic carbocycles. The van der Waals surface area contributed by atoms with Gasteiger partial charge in [-0.1, -0.05) is 12.1 Å². The Morgan fingerprint density at radius 2 is 1.78 bits per heavy atom. The van der Waals surface area contributed by atoms with Crippen molar-refractivity contribution in [1.29, 1.82) is 0 Å². The van der Waals surface area contributed by atoms with Crippen LogP contribution in [0.1, 0.15) is 25.0 Å². The Hall–Kier alpha value is -2.17. The van der Waals surface area contributed by atoms with Gasteiger partial charge in [0, 0.05) is 32.1 Å². The van der Waals surface area contributed by atoms with Crippen molar-refractivity contribution in [3.63, 3.8) is 0 Å². The first-order chi connectivity index (χ1) is 11.2. The van der Waals surface area contributed by atoms with Crippen molar-refractivity contribution >= 4 is 22.8 Å². The van der Waals surface area contributed by atoms with Crippen LogP contribution in [-0.2, 0) is 4.79 Å². The average molecular weight is 310 g/mol. The normalized spacial score (nSPS) is 19.0. The minimum absolute atomic E-state index is 0.309. The van der Waals surface area contributed by atoms with Gasteiger partial charge in [0.05, 0.1) is 16.7 Å². The molecular formula is C18H22N4O. The van der Waals surface area contributed by atoms with Crippen LogP contribution in [0, 0.1) is 12.8 Å². The Labute approximate surface area is 136 Å². The highest BCUT2D eigenvalue weighted by molar-refractivity contribution is 5.81. The van der Waals surface area contributed by atoms with E-state index in [1.165, 1.54) is 0 Å². The molecular weight excluding hydrogens is 288 g/mol. The Kier molecular flexibility index (Phi) is 3.63. The molecule has 23 heavy (non-hydrogen) atoms. The Balaban J connectivity index is 1.55. The smallest absolute Gasteiger partial charge is 0.225 e. The van der Waals surface area contributed by atoms with Crippen LogP contribution in [-0.4, -0.2) is 47.0 Å². The summed E-state index contributed by atoms with van der Waals surface area (Å²) in [5, 5.41) is 0. The molecule has 1 aliphatic carbocycles. The van der Waals surface area contributed by atoms with Gasteiger partial charge in [-0.25, -0.2) is 9.97 Å². The van der Waals surface area contributed by atoms with Crippen molar-refractivity contribution in [2.75, 3.05) is 31.1 Å². The quantitative estimate of drug-likeness (QED) is 0.854. The Bertz CT molecular complexity index is 741. The second kappa shape index (κ2) is 5.80. The molecule has 0 bridgehead atoms. The molecule has 0 N–H and O–H groups in total. The molecule has 1 aliphatic heterocycles. The van der Waals surface area contributed by atoms with Crippen molar-refractivity contribution < 1.29 is 4.79 Å². The molecule has 2 aromatic rings. The lowest BCUT2D eigenvalue weighted by Gasteiger charge is -2.24. The molecule has 1 aromatic heterocycles. The lowest BCUT2D eigenvalue weighted by atomic mass is 10.2. The van der Waals surface area contributed by atoms with Crippen LogP contribution in [0.25, 0.3) is 11.0 Å². The molecule has 1 saturated carbocycles. The third-order valence-corrected chi connectivity index (χ3v) is 4.75. The number of benzene rings is 1. The predicted molar refractivity (Wildman–Crippen MR) is 90.4 cm³/mol. The van der Waals surface area contributed by atoms with Gasteiger partial charge in [0.1, 0.15) is 0 Å². The van der Waals surface area contributed by atoms with Crippen molar-refractivity contribution in [3.8, 4) is 0 Å². The van der Waals surface area contributed by atoms with Crippen LogP contribution in [0.3, 0.4) is 0 Å². The van der Waals surface area contributed by atoms with Gasteiger partial charge in [0.25, 0.3) is 0 Å². The number of carbonyl (C=O) groups is 1. The fourth-order valence-electron chi connectivity index (χ4n) is 3.32. The summed E-state index contributed by atoms with van der Waals surface area (Å²) < 4.78 is 0. The van der Waals surface area contributed by atoms with Crippen LogP contribution in [0.15, 0.2) is 24.3 Å². The van der Waals surface area contributed by atoms with E-state index in [4.69, 9.17) is 4.98 Å². The van der Waals surface area contributed by atoms with Gasteiger partial charge >= 0.3 is 0 Å². The third-order valence-electron chi connectivity index (χ3n) is 4.75. The largest absolute Gasteiger partial charge is 0.353 e. The zero-order valence-corrected chi connectivity index (χ0v) is 13.5. The summed E-state index contributed by atoms with van der Waals surface area (Å²) in [6, 6.07) is 7.99. The lowest BCUT2D eigenvalue weighted by Crippen LogP contribution is -2.36. The first-order valence-corrected chi connectivity index (χ1v) is 8.49. The maximum atomic E-state index is 12.3. The van der Waals surface area contributed by atoms with Crippen LogP contribution < -0.4 is 4.90 Å². The topological polar surface area (TPSA) is 49.3 Å². The van der Waals surface area contributed by atoms with Crippen LogP contribution >= 0.6 is 0 Å². The number of aromatic nitrogens is 2. The first-order valence-electron chi connectivity index (χ1n) is 8.49. The van der Waals surface area contributed by atoms with Gasteiger partial charge in [-0.05, 0) is 38.3 Å². The molecule has 1 amide bonds. The summed E-state index contributed by atoms with van der Waals surface area (Å²) in [7, 11) is 0. The number of nitrogens with zero attached hydrogens (tertiary/aromatic N) is 4. The highest BCUT2D eigenvalue weighted by atomic mass is 16.2. The monoisotopic (exact) mass is 310 g/mol. The summed E-state index contributed by atoms with van der Waals surface area (Å²) in [4.78, 5) is 26.1. The van der Waals surface area contributed by atoms with E-state index in [1.54, 1.807) is 0 Å². The van der Waals surface area contributed by atoms with Gasteiger partial charge in [0.2, 0.25) is 5.91 Å². The van der Waals surface area contributed by atoms with Crippen molar-refractivity contribution in [2.24, 2.45) is 5.92 Å². The van der Waals surface area contributed by atoms with Crippen molar-refractivity contribution in [2.45, 2.75) is 26.2 Å². The van der Waals surface area contributed by atoms with E-state index in [9.17, 15) is 4.79 Å². The van der Waals surface area contributed by atoms with Gasteiger partial charge < -0.3 is 9.80 Å². The summed E-state index contributed by atoms with van der Waals surface area (Å²) in [5.41, 5.74) is 2.84. The molecule has 2 heterocycles. The van der Waals surface area contributed by atoms with Gasteiger partial charge in [-0.2, -0.15) is 0 Å². The average Bonchev–Trinajstić information content (AvgIpc) is 3.40. The number of hydrogen-bond acceptors (Lipinski definition) is 4. The summed E-state index contributed by atoms with van der Waals surface area (Å²) in [5.74, 6) is 1.63. The molecule has 2 fully saturated rings. The molecule has 0 radical (unpaired) electrons. The summed E-state index contributed by atoms with van der Waals surface area (Å²) >= 11 is 0. The molecule has 5 heteroatoms. The molecule has 1 saturated heterocycles. The van der Waals surface area contributed by atoms with E-state index in [1.807, 2.05) is 36.1 Å². The van der Waals surface area contributed by atoms with E-state index < -0.39 is 0 Å². The van der Waals surface area contributed by atoms with E-state index in [0.717, 1.165) is 68.0 Å². The molecule has 0 unspecified atom stereocenters. The minimum Gasteiger partial charge on any atom is -0.353 e. The summed E-state index contributed by atoms with van der Waals surface area (Å²) in [6.45, 7) is 5.45. The molecule has 5 nitrogen and oxygen atoms in total. The number of carbonyl (C=O) groups excluding carboxylic acids is 1. The maximum Gasteiger partial charge on any atom is 0.225 e. The fraction of sp³-hybridized carbons (Fsp3) is 0.500. The van der Waals surface area contributed by atoms with Gasteiger partial charge in [-0.3, -0.25) is 4.79 Å². The molecule has 2 aliphatic rings. The van der Waals surface area contributed by atoms with E-state index in [0.29, 0.717) is 11.8 Å². The zero-order chi connectivity index (χ0) is 15.8. The third kappa shape index (κ3) is 2.87.